The van der Waals surface area contributed by atoms with Gasteiger partial charge in [-0.3, -0.25) is 9.52 Å². The van der Waals surface area contributed by atoms with E-state index in [0.717, 1.165) is 29.7 Å². The molecule has 1 aromatic heterocycles. The van der Waals surface area contributed by atoms with Crippen LogP contribution >= 0.6 is 11.3 Å². The van der Waals surface area contributed by atoms with Gasteiger partial charge in [0.05, 0.1) is 35.3 Å². The van der Waals surface area contributed by atoms with Crippen LogP contribution in [0.4, 0.5) is 5.69 Å². The third-order valence-corrected chi connectivity index (χ3v) is 12.8. The van der Waals surface area contributed by atoms with Crippen LogP contribution in [-0.4, -0.2) is 88.7 Å². The van der Waals surface area contributed by atoms with Crippen molar-refractivity contribution < 1.29 is 36.2 Å². The number of nitrogens with one attached hydrogen (secondary N) is 1. The Balaban J connectivity index is 1.68. The molecule has 0 radical (unpaired) electrons. The molecule has 0 saturated carbocycles. The summed E-state index contributed by atoms with van der Waals surface area (Å²) in [5.74, 6) is -0.508. The molecule has 0 saturated heterocycles. The Kier molecular flexibility index (Phi) is 12.5. The predicted octanol–water partition coefficient (Wildman–Crippen LogP) is 4.97. The summed E-state index contributed by atoms with van der Waals surface area (Å²) in [6.07, 6.45) is 1.35. The van der Waals surface area contributed by atoms with E-state index in [1.165, 1.54) is 34.5 Å². The topological polar surface area (TPSA) is 143 Å². The maximum Gasteiger partial charge on any atom is 0.261 e. The van der Waals surface area contributed by atoms with E-state index in [1.54, 1.807) is 48.7 Å². The number of aliphatic hydroxyl groups excluding tert-OH is 1. The molecule has 14 heteroatoms. The number of hydrogen-bond donors (Lipinski definition) is 2. The summed E-state index contributed by atoms with van der Waals surface area (Å²) in [5.41, 5.74) is 1.24. The summed E-state index contributed by atoms with van der Waals surface area (Å²) in [7, 11) is -6.17. The van der Waals surface area contributed by atoms with Gasteiger partial charge >= 0.3 is 0 Å². The second kappa shape index (κ2) is 15.9. The van der Waals surface area contributed by atoms with Crippen LogP contribution in [0, 0.1) is 12.8 Å². The number of benzene rings is 2. The van der Waals surface area contributed by atoms with Gasteiger partial charge in [-0.2, -0.15) is 4.31 Å². The number of hydrogen-bond acceptors (Lipinski definition) is 9. The van der Waals surface area contributed by atoms with Gasteiger partial charge in [-0.1, -0.05) is 30.7 Å². The van der Waals surface area contributed by atoms with Crippen molar-refractivity contribution in [3.63, 3.8) is 0 Å². The van der Waals surface area contributed by atoms with Crippen LogP contribution in [0.2, 0.25) is 0 Å². The number of aliphatic hydroxyl groups is 1. The van der Waals surface area contributed by atoms with Gasteiger partial charge in [-0.05, 0) is 81.8 Å². The van der Waals surface area contributed by atoms with E-state index in [-0.39, 0.29) is 52.1 Å². The third kappa shape index (κ3) is 9.33. The molecule has 1 amide bonds. The Labute approximate surface area is 282 Å². The number of anilines is 1. The first-order valence-corrected chi connectivity index (χ1v) is 19.5. The molecule has 4 atom stereocenters. The first-order valence-electron chi connectivity index (χ1n) is 15.7. The highest BCUT2D eigenvalue weighted by Gasteiger charge is 2.33. The monoisotopic (exact) mass is 707 g/mol. The molecule has 0 fully saturated rings. The van der Waals surface area contributed by atoms with Gasteiger partial charge in [-0.25, -0.2) is 16.8 Å². The first kappa shape index (κ1) is 36.8. The summed E-state index contributed by atoms with van der Waals surface area (Å²) in [4.78, 5) is 15.9. The van der Waals surface area contributed by atoms with Crippen LogP contribution in [0.25, 0.3) is 0 Å². The van der Waals surface area contributed by atoms with Crippen molar-refractivity contribution in [3.05, 3.63) is 71.1 Å². The summed E-state index contributed by atoms with van der Waals surface area (Å²) in [6.45, 7) is 7.64. The van der Waals surface area contributed by atoms with Gasteiger partial charge in [0, 0.05) is 38.3 Å². The van der Waals surface area contributed by atoms with E-state index >= 15 is 0 Å². The van der Waals surface area contributed by atoms with Crippen molar-refractivity contribution in [2.75, 3.05) is 38.1 Å². The second-order valence-corrected chi connectivity index (χ2v) is 17.0. The molecule has 3 aromatic rings. The summed E-state index contributed by atoms with van der Waals surface area (Å²) in [6, 6.07) is 13.7. The fourth-order valence-corrected chi connectivity index (χ4v) is 8.73. The number of thiophene rings is 1. The molecule has 11 nitrogen and oxygen atoms in total. The zero-order valence-corrected chi connectivity index (χ0v) is 29.9. The van der Waals surface area contributed by atoms with Gasteiger partial charge in [0.25, 0.3) is 26.0 Å². The standard InChI is InChI=1S/C33H45N3O8S3/c1-23-11-14-28(15-12-23)46(39,40)34-27-13-16-30-29(19-27)33(38)36(25(3)22-37)20-24(2)31(43-17-7-6-9-26(4)44-30)21-35(5)47(41,42)32-10-8-18-45-32/h8,10-16,18-19,24-26,31,34,37H,6-7,9,17,20-22H2,1-5H3/t24-,25-,26+,31+/m0/s1. The Morgan fingerprint density at radius 2 is 1.81 bits per heavy atom. The number of carbonyl (C=O) groups is 1. The molecule has 2 aromatic carbocycles. The number of carbonyl (C=O) groups excluding carboxylic acids is 1. The Morgan fingerprint density at radius 3 is 2.47 bits per heavy atom. The molecular weight excluding hydrogens is 663 g/mol. The van der Waals surface area contributed by atoms with Gasteiger partial charge in [-0.15, -0.1) is 11.3 Å². The molecule has 1 aliphatic rings. The lowest BCUT2D eigenvalue weighted by atomic mass is 10.0. The Bertz CT molecular complexity index is 1700. The zero-order valence-electron chi connectivity index (χ0n) is 27.5. The van der Waals surface area contributed by atoms with E-state index in [2.05, 4.69) is 4.72 Å². The minimum atomic E-state index is -3.95. The smallest absolute Gasteiger partial charge is 0.261 e. The lowest BCUT2D eigenvalue weighted by molar-refractivity contribution is -0.00832. The van der Waals surface area contributed by atoms with E-state index in [9.17, 15) is 26.7 Å². The second-order valence-electron chi connectivity index (χ2n) is 12.1. The molecule has 0 aliphatic carbocycles. The van der Waals surface area contributed by atoms with Crippen molar-refractivity contribution in [3.8, 4) is 5.75 Å². The predicted molar refractivity (Wildman–Crippen MR) is 183 cm³/mol. The third-order valence-electron chi connectivity index (χ3n) is 8.23. The van der Waals surface area contributed by atoms with Crippen molar-refractivity contribution >= 4 is 43.0 Å². The fraction of sp³-hybridized carbons (Fsp3) is 0.485. The van der Waals surface area contributed by atoms with Crippen LogP contribution in [0.3, 0.4) is 0 Å². The van der Waals surface area contributed by atoms with Crippen LogP contribution in [-0.2, 0) is 24.8 Å². The van der Waals surface area contributed by atoms with Crippen LogP contribution in [0.15, 0.2) is 69.1 Å². The molecule has 2 heterocycles. The maximum absolute atomic E-state index is 14.3. The molecule has 2 N–H and O–H groups in total. The van der Waals surface area contributed by atoms with E-state index in [4.69, 9.17) is 9.47 Å². The average molecular weight is 708 g/mol. The van der Waals surface area contributed by atoms with Crippen LogP contribution in [0.1, 0.15) is 56.0 Å². The summed E-state index contributed by atoms with van der Waals surface area (Å²) in [5, 5.41) is 11.9. The number of rotatable bonds is 9. The normalized spacial score (nSPS) is 21.0. The first-order chi connectivity index (χ1) is 22.2. The van der Waals surface area contributed by atoms with Crippen molar-refractivity contribution in [1.82, 2.24) is 9.21 Å². The number of amides is 1. The van der Waals surface area contributed by atoms with Crippen molar-refractivity contribution in [2.24, 2.45) is 5.92 Å². The molecule has 0 unspecified atom stereocenters. The van der Waals surface area contributed by atoms with Gasteiger partial charge in [0.2, 0.25) is 0 Å². The highest BCUT2D eigenvalue weighted by molar-refractivity contribution is 7.92. The number of likely N-dealkylation sites (N-methyl/N-ethyl adjacent to an activating group) is 1. The van der Waals surface area contributed by atoms with Crippen molar-refractivity contribution in [2.45, 2.75) is 74.3 Å². The Hall–Kier alpha value is -3.01. The highest BCUT2D eigenvalue weighted by atomic mass is 32.2. The van der Waals surface area contributed by atoms with Gasteiger partial charge in [0.15, 0.2) is 0 Å². The number of nitrogens with zero attached hydrogens (tertiary/aromatic N) is 2. The molecular formula is C33H45N3O8S3. The number of ether oxygens (including phenoxy) is 2. The van der Waals surface area contributed by atoms with Crippen LogP contribution in [0.5, 0.6) is 5.75 Å². The van der Waals surface area contributed by atoms with Gasteiger partial charge < -0.3 is 19.5 Å². The van der Waals surface area contributed by atoms with Crippen molar-refractivity contribution in [1.29, 1.82) is 0 Å². The quantitative estimate of drug-likeness (QED) is 0.318. The fourth-order valence-electron chi connectivity index (χ4n) is 5.30. The minimum Gasteiger partial charge on any atom is -0.490 e. The average Bonchev–Trinajstić information content (AvgIpc) is 3.59. The van der Waals surface area contributed by atoms with E-state index in [1.807, 2.05) is 20.8 Å². The van der Waals surface area contributed by atoms with E-state index in [0.29, 0.717) is 18.8 Å². The maximum atomic E-state index is 14.3. The molecule has 0 bridgehead atoms. The number of sulfonamides is 2. The highest BCUT2D eigenvalue weighted by Crippen LogP contribution is 2.30. The molecule has 1 aliphatic heterocycles. The summed E-state index contributed by atoms with van der Waals surface area (Å²) >= 11 is 1.14. The Morgan fingerprint density at radius 1 is 1.09 bits per heavy atom. The summed E-state index contributed by atoms with van der Waals surface area (Å²) < 4.78 is 69.5. The van der Waals surface area contributed by atoms with E-state index < -0.39 is 38.1 Å². The molecule has 4 rings (SSSR count). The zero-order chi connectivity index (χ0) is 34.4. The van der Waals surface area contributed by atoms with Gasteiger partial charge in [0.1, 0.15) is 9.96 Å². The molecule has 0 spiro atoms. The lowest BCUT2D eigenvalue weighted by Crippen LogP contribution is -2.48. The lowest BCUT2D eigenvalue weighted by Gasteiger charge is -2.35. The number of fused-ring (bicyclic) bond motifs is 1. The molecule has 258 valence electrons. The molecule has 47 heavy (non-hydrogen) atoms. The largest absolute Gasteiger partial charge is 0.490 e. The minimum absolute atomic E-state index is 0.0674. The number of aryl methyl sites for hydroxylation is 1. The van der Waals surface area contributed by atoms with Crippen LogP contribution < -0.4 is 9.46 Å². The SMILES string of the molecule is Cc1ccc(S(=O)(=O)Nc2ccc3c(c2)C(=O)N([C@@H](C)CO)C[C@H](C)[C@@H](CN(C)S(=O)(=O)c2cccs2)OCCCC[C@@H](C)O3)cc1.